The summed E-state index contributed by atoms with van der Waals surface area (Å²) in [6.45, 7) is 0. The van der Waals surface area contributed by atoms with Crippen molar-refractivity contribution in [2.45, 2.75) is 4.90 Å². The number of nitrogens with one attached hydrogen (secondary N) is 1. The van der Waals surface area contributed by atoms with Crippen LogP contribution >= 0.6 is 11.6 Å². The van der Waals surface area contributed by atoms with Crippen LogP contribution in [-0.4, -0.2) is 20.6 Å². The fourth-order valence-electron chi connectivity index (χ4n) is 1.60. The van der Waals surface area contributed by atoms with Crippen molar-refractivity contribution in [2.24, 2.45) is 0 Å². The first kappa shape index (κ1) is 15.4. The molecule has 0 aliphatic carbocycles. The Morgan fingerprint density at radius 3 is 2.43 bits per heavy atom. The Balaban J connectivity index is 2.37. The molecule has 0 aliphatic heterocycles. The minimum Gasteiger partial charge on any atom is -0.504 e. The zero-order valence-electron chi connectivity index (χ0n) is 10.8. The Labute approximate surface area is 126 Å². The molecule has 2 N–H and O–H groups in total. The first-order chi connectivity index (χ1) is 9.83. The third-order valence-corrected chi connectivity index (χ3v) is 4.31. The van der Waals surface area contributed by atoms with Gasteiger partial charge in [0.05, 0.1) is 22.7 Å². The molecule has 2 rings (SSSR count). The highest BCUT2D eigenvalue weighted by atomic mass is 35.5. The molecule has 0 amide bonds. The maximum Gasteiger partial charge on any atom is 0.262 e. The highest BCUT2D eigenvalue weighted by Gasteiger charge is 2.18. The van der Waals surface area contributed by atoms with E-state index in [1.165, 1.54) is 31.4 Å². The number of anilines is 1. The first-order valence-corrected chi connectivity index (χ1v) is 7.54. The van der Waals surface area contributed by atoms with Crippen LogP contribution in [0, 0.1) is 5.82 Å². The third-order valence-electron chi connectivity index (χ3n) is 2.64. The summed E-state index contributed by atoms with van der Waals surface area (Å²) >= 11 is 5.59. The van der Waals surface area contributed by atoms with Gasteiger partial charge in [0.2, 0.25) is 0 Å². The number of hydrogen-bond acceptors (Lipinski definition) is 4. The van der Waals surface area contributed by atoms with E-state index < -0.39 is 21.6 Å². The van der Waals surface area contributed by atoms with Crippen LogP contribution in [0.2, 0.25) is 5.02 Å². The van der Waals surface area contributed by atoms with E-state index >= 15 is 0 Å². The average Bonchev–Trinajstić information content (AvgIpc) is 2.44. The number of phenolic OH excluding ortho intramolecular Hbond substituents is 1. The van der Waals surface area contributed by atoms with Gasteiger partial charge in [-0.05, 0) is 30.3 Å². The summed E-state index contributed by atoms with van der Waals surface area (Å²) in [5.74, 6) is -0.828. The van der Waals surface area contributed by atoms with Gasteiger partial charge >= 0.3 is 0 Å². The van der Waals surface area contributed by atoms with Crippen molar-refractivity contribution in [1.29, 1.82) is 0 Å². The van der Waals surface area contributed by atoms with Gasteiger partial charge in [-0.25, -0.2) is 12.8 Å². The van der Waals surface area contributed by atoms with Gasteiger partial charge in [-0.1, -0.05) is 11.6 Å². The average molecular weight is 332 g/mol. The smallest absolute Gasteiger partial charge is 0.262 e. The third kappa shape index (κ3) is 3.37. The maximum atomic E-state index is 13.2. The van der Waals surface area contributed by atoms with E-state index in [0.717, 1.165) is 12.1 Å². The van der Waals surface area contributed by atoms with Gasteiger partial charge in [0.15, 0.2) is 5.75 Å². The van der Waals surface area contributed by atoms with E-state index in [-0.39, 0.29) is 15.6 Å². The summed E-state index contributed by atoms with van der Waals surface area (Å²) in [5.41, 5.74) is -0.337. The molecular formula is C13H11ClFNO4S. The molecule has 0 saturated carbocycles. The maximum absolute atomic E-state index is 13.2. The van der Waals surface area contributed by atoms with Gasteiger partial charge < -0.3 is 9.84 Å². The van der Waals surface area contributed by atoms with Crippen LogP contribution in [0.5, 0.6) is 11.5 Å². The number of halogens is 2. The van der Waals surface area contributed by atoms with E-state index in [1.807, 2.05) is 0 Å². The standard InChI is InChI=1S/C13H11ClFNO4S/c1-20-9-2-4-10(5-3-9)21(18,19)16-12-7-8(15)6-11(14)13(12)17/h2-7,16-17H,1H3. The number of sulfonamides is 1. The van der Waals surface area contributed by atoms with Gasteiger partial charge in [0.1, 0.15) is 11.6 Å². The Morgan fingerprint density at radius 1 is 1.24 bits per heavy atom. The molecule has 0 aromatic heterocycles. The molecule has 0 unspecified atom stereocenters. The Morgan fingerprint density at radius 2 is 1.86 bits per heavy atom. The molecule has 0 spiro atoms. The molecule has 0 radical (unpaired) electrons. The highest BCUT2D eigenvalue weighted by Crippen LogP contribution is 2.34. The van der Waals surface area contributed by atoms with E-state index in [4.69, 9.17) is 16.3 Å². The number of hydrogen-bond donors (Lipinski definition) is 2. The lowest BCUT2D eigenvalue weighted by Gasteiger charge is -2.11. The number of ether oxygens (including phenoxy) is 1. The fourth-order valence-corrected chi connectivity index (χ4v) is 2.87. The zero-order chi connectivity index (χ0) is 15.6. The van der Waals surface area contributed by atoms with Crippen LogP contribution in [0.4, 0.5) is 10.1 Å². The van der Waals surface area contributed by atoms with Crippen LogP contribution < -0.4 is 9.46 Å². The van der Waals surface area contributed by atoms with E-state index in [0.29, 0.717) is 5.75 Å². The predicted molar refractivity (Wildman–Crippen MR) is 76.9 cm³/mol. The molecule has 0 atom stereocenters. The van der Waals surface area contributed by atoms with Crippen molar-refractivity contribution in [3.05, 3.63) is 47.2 Å². The van der Waals surface area contributed by atoms with Crippen LogP contribution in [0.3, 0.4) is 0 Å². The quantitative estimate of drug-likeness (QED) is 0.844. The predicted octanol–water partition coefficient (Wildman–Crippen LogP) is 2.99. The lowest BCUT2D eigenvalue weighted by molar-refractivity contribution is 0.414. The molecule has 5 nitrogen and oxygen atoms in total. The molecule has 0 saturated heterocycles. The van der Waals surface area contributed by atoms with Crippen LogP contribution in [0.15, 0.2) is 41.3 Å². The monoisotopic (exact) mass is 331 g/mol. The number of methoxy groups -OCH3 is 1. The van der Waals surface area contributed by atoms with Gasteiger partial charge in [-0.2, -0.15) is 0 Å². The number of aromatic hydroxyl groups is 1. The summed E-state index contributed by atoms with van der Waals surface area (Å²) in [6.07, 6.45) is 0. The Kier molecular flexibility index (Phi) is 4.24. The van der Waals surface area contributed by atoms with E-state index in [2.05, 4.69) is 4.72 Å². The summed E-state index contributed by atoms with van der Waals surface area (Å²) in [4.78, 5) is -0.0666. The van der Waals surface area contributed by atoms with Gasteiger partial charge in [-0.3, -0.25) is 4.72 Å². The van der Waals surface area contributed by atoms with Crippen LogP contribution in [0.25, 0.3) is 0 Å². The molecule has 0 heterocycles. The number of benzene rings is 2. The normalized spacial score (nSPS) is 11.2. The molecule has 0 aliphatic rings. The summed E-state index contributed by atoms with van der Waals surface area (Å²) < 4.78 is 44.5. The molecule has 112 valence electrons. The van der Waals surface area contributed by atoms with Gasteiger partial charge in [0, 0.05) is 6.07 Å². The second kappa shape index (κ2) is 5.79. The van der Waals surface area contributed by atoms with Crippen LogP contribution in [0.1, 0.15) is 0 Å². The number of phenols is 1. The van der Waals surface area contributed by atoms with Crippen LogP contribution in [-0.2, 0) is 10.0 Å². The molecular weight excluding hydrogens is 321 g/mol. The van der Waals surface area contributed by atoms with Gasteiger partial charge in [-0.15, -0.1) is 0 Å². The summed E-state index contributed by atoms with van der Waals surface area (Å²) in [7, 11) is -2.53. The minimum absolute atomic E-state index is 0.0666. The zero-order valence-corrected chi connectivity index (χ0v) is 12.4. The largest absolute Gasteiger partial charge is 0.504 e. The highest BCUT2D eigenvalue weighted by molar-refractivity contribution is 7.92. The molecule has 0 fully saturated rings. The summed E-state index contributed by atoms with van der Waals surface area (Å²) in [6, 6.07) is 7.28. The lowest BCUT2D eigenvalue weighted by Crippen LogP contribution is -2.13. The topological polar surface area (TPSA) is 75.6 Å². The molecule has 8 heteroatoms. The van der Waals surface area contributed by atoms with Crippen molar-refractivity contribution < 1.29 is 22.7 Å². The second-order valence-electron chi connectivity index (χ2n) is 4.06. The second-order valence-corrected chi connectivity index (χ2v) is 6.15. The van der Waals surface area contributed by atoms with Crippen molar-refractivity contribution in [1.82, 2.24) is 0 Å². The summed E-state index contributed by atoms with van der Waals surface area (Å²) in [5, 5.41) is 9.38. The van der Waals surface area contributed by atoms with E-state index in [9.17, 15) is 17.9 Å². The van der Waals surface area contributed by atoms with Crippen molar-refractivity contribution >= 4 is 27.3 Å². The molecule has 0 bridgehead atoms. The number of rotatable bonds is 4. The van der Waals surface area contributed by atoms with Crippen molar-refractivity contribution in [3.63, 3.8) is 0 Å². The first-order valence-electron chi connectivity index (χ1n) is 5.68. The van der Waals surface area contributed by atoms with Gasteiger partial charge in [0.25, 0.3) is 10.0 Å². The molecule has 2 aromatic rings. The minimum atomic E-state index is -3.99. The SMILES string of the molecule is COc1ccc(S(=O)(=O)Nc2cc(F)cc(Cl)c2O)cc1. The fraction of sp³-hybridized carbons (Fsp3) is 0.0769. The molecule has 21 heavy (non-hydrogen) atoms. The lowest BCUT2D eigenvalue weighted by atomic mass is 10.3. The van der Waals surface area contributed by atoms with E-state index in [1.54, 1.807) is 0 Å². The Hall–Kier alpha value is -1.99. The Bertz CT molecular complexity index is 762. The molecule has 2 aromatic carbocycles. The van der Waals surface area contributed by atoms with Crippen molar-refractivity contribution in [3.8, 4) is 11.5 Å². The van der Waals surface area contributed by atoms with Crippen molar-refractivity contribution in [2.75, 3.05) is 11.8 Å².